The average molecular weight is 221 g/mol. The van der Waals surface area contributed by atoms with Crippen LogP contribution in [0, 0.1) is 0 Å². The van der Waals surface area contributed by atoms with Crippen LogP contribution in [0.25, 0.3) is 0 Å². The Morgan fingerprint density at radius 1 is 1.64 bits per heavy atom. The SMILES string of the molecule is CN1CCNC(CCCBr)C1. The Labute approximate surface area is 77.5 Å². The van der Waals surface area contributed by atoms with E-state index in [1.165, 1.54) is 25.9 Å². The van der Waals surface area contributed by atoms with Gasteiger partial charge in [-0.05, 0) is 19.9 Å². The predicted molar refractivity (Wildman–Crippen MR) is 52.3 cm³/mol. The maximum Gasteiger partial charge on any atom is 0.0195 e. The number of hydrogen-bond acceptors (Lipinski definition) is 2. The van der Waals surface area contributed by atoms with Gasteiger partial charge >= 0.3 is 0 Å². The third kappa shape index (κ3) is 3.54. The molecule has 3 heteroatoms. The molecule has 1 unspecified atom stereocenters. The van der Waals surface area contributed by atoms with Crippen LogP contribution < -0.4 is 5.32 Å². The van der Waals surface area contributed by atoms with Crippen molar-refractivity contribution in [1.29, 1.82) is 0 Å². The van der Waals surface area contributed by atoms with Crippen LogP contribution in [0.4, 0.5) is 0 Å². The molecule has 1 N–H and O–H groups in total. The van der Waals surface area contributed by atoms with Crippen LogP contribution in [0.15, 0.2) is 0 Å². The Balaban J connectivity index is 2.12. The van der Waals surface area contributed by atoms with E-state index in [2.05, 4.69) is 33.2 Å². The fourth-order valence-corrected chi connectivity index (χ4v) is 1.83. The minimum Gasteiger partial charge on any atom is -0.311 e. The van der Waals surface area contributed by atoms with Gasteiger partial charge in [0.2, 0.25) is 0 Å². The van der Waals surface area contributed by atoms with Gasteiger partial charge in [-0.15, -0.1) is 0 Å². The van der Waals surface area contributed by atoms with Gasteiger partial charge in [0.25, 0.3) is 0 Å². The molecule has 1 fully saturated rings. The number of piperazine rings is 1. The Hall–Kier alpha value is 0.400. The quantitative estimate of drug-likeness (QED) is 0.717. The third-order valence-electron chi connectivity index (χ3n) is 2.14. The van der Waals surface area contributed by atoms with Crippen molar-refractivity contribution in [3.05, 3.63) is 0 Å². The van der Waals surface area contributed by atoms with E-state index in [9.17, 15) is 0 Å². The Bertz CT molecular complexity index is 108. The van der Waals surface area contributed by atoms with Crippen LogP contribution in [0.3, 0.4) is 0 Å². The molecule has 11 heavy (non-hydrogen) atoms. The number of likely N-dealkylation sites (N-methyl/N-ethyl adjacent to an activating group) is 1. The van der Waals surface area contributed by atoms with E-state index in [0.717, 1.165) is 17.9 Å². The first-order valence-electron chi connectivity index (χ1n) is 4.31. The zero-order valence-corrected chi connectivity index (χ0v) is 8.73. The zero-order chi connectivity index (χ0) is 8.10. The van der Waals surface area contributed by atoms with E-state index >= 15 is 0 Å². The van der Waals surface area contributed by atoms with Crippen molar-refractivity contribution in [2.45, 2.75) is 18.9 Å². The van der Waals surface area contributed by atoms with Crippen LogP contribution in [0.5, 0.6) is 0 Å². The van der Waals surface area contributed by atoms with E-state index in [1.807, 2.05) is 0 Å². The van der Waals surface area contributed by atoms with E-state index in [0.29, 0.717) is 0 Å². The molecule has 1 aliphatic rings. The van der Waals surface area contributed by atoms with Gasteiger partial charge in [0, 0.05) is 31.0 Å². The molecule has 0 aromatic carbocycles. The molecule has 0 aliphatic carbocycles. The Morgan fingerprint density at radius 3 is 3.09 bits per heavy atom. The van der Waals surface area contributed by atoms with Gasteiger partial charge in [0.15, 0.2) is 0 Å². The van der Waals surface area contributed by atoms with Crippen LogP contribution in [-0.4, -0.2) is 43.0 Å². The van der Waals surface area contributed by atoms with Gasteiger partial charge in [-0.25, -0.2) is 0 Å². The fourth-order valence-electron chi connectivity index (χ4n) is 1.51. The molecule has 1 atom stereocenters. The number of rotatable bonds is 3. The molecule has 0 bridgehead atoms. The largest absolute Gasteiger partial charge is 0.311 e. The summed E-state index contributed by atoms with van der Waals surface area (Å²) in [5.74, 6) is 0. The van der Waals surface area contributed by atoms with Crippen molar-refractivity contribution >= 4 is 15.9 Å². The van der Waals surface area contributed by atoms with Crippen molar-refractivity contribution in [2.75, 3.05) is 32.0 Å². The zero-order valence-electron chi connectivity index (χ0n) is 7.15. The molecule has 0 spiro atoms. The van der Waals surface area contributed by atoms with Crippen LogP contribution >= 0.6 is 15.9 Å². The average Bonchev–Trinajstić information content (AvgIpc) is 2.01. The van der Waals surface area contributed by atoms with E-state index < -0.39 is 0 Å². The minimum atomic E-state index is 0.728. The monoisotopic (exact) mass is 220 g/mol. The summed E-state index contributed by atoms with van der Waals surface area (Å²) in [7, 11) is 2.20. The van der Waals surface area contributed by atoms with Gasteiger partial charge in [0.1, 0.15) is 0 Å². The summed E-state index contributed by atoms with van der Waals surface area (Å²) in [4.78, 5) is 2.40. The van der Waals surface area contributed by atoms with Crippen LogP contribution in [-0.2, 0) is 0 Å². The van der Waals surface area contributed by atoms with Gasteiger partial charge in [-0.2, -0.15) is 0 Å². The lowest BCUT2D eigenvalue weighted by Crippen LogP contribution is -2.48. The lowest BCUT2D eigenvalue weighted by molar-refractivity contribution is 0.231. The first kappa shape index (κ1) is 9.49. The standard InChI is InChI=1S/C8H17BrN2/c1-11-6-5-10-8(7-11)3-2-4-9/h8,10H,2-7H2,1H3. The van der Waals surface area contributed by atoms with Crippen molar-refractivity contribution in [2.24, 2.45) is 0 Å². The number of halogens is 1. The Kier molecular flexibility index (Phi) is 4.41. The molecule has 1 saturated heterocycles. The van der Waals surface area contributed by atoms with Crippen molar-refractivity contribution < 1.29 is 0 Å². The number of hydrogen-bond donors (Lipinski definition) is 1. The maximum atomic E-state index is 3.52. The van der Waals surface area contributed by atoms with Gasteiger partial charge in [-0.3, -0.25) is 0 Å². The summed E-state index contributed by atoms with van der Waals surface area (Å²) in [5.41, 5.74) is 0. The molecule has 0 aromatic rings. The number of alkyl halides is 1. The fraction of sp³-hybridized carbons (Fsp3) is 1.00. The second-order valence-electron chi connectivity index (χ2n) is 3.24. The van der Waals surface area contributed by atoms with Crippen LogP contribution in [0.2, 0.25) is 0 Å². The van der Waals surface area contributed by atoms with Gasteiger partial charge in [-0.1, -0.05) is 15.9 Å². The predicted octanol–water partition coefficient (Wildman–Crippen LogP) is 1.07. The molecule has 2 nitrogen and oxygen atoms in total. The summed E-state index contributed by atoms with van der Waals surface area (Å²) in [6.45, 7) is 3.57. The van der Waals surface area contributed by atoms with Crippen molar-refractivity contribution in [3.8, 4) is 0 Å². The molecule has 0 aromatic heterocycles. The topological polar surface area (TPSA) is 15.3 Å². The summed E-state index contributed by atoms with van der Waals surface area (Å²) >= 11 is 3.45. The first-order chi connectivity index (χ1) is 5.33. The molecule has 0 amide bonds. The summed E-state index contributed by atoms with van der Waals surface area (Å²) in [6.07, 6.45) is 2.58. The molecule has 66 valence electrons. The highest BCUT2D eigenvalue weighted by Gasteiger charge is 2.14. The van der Waals surface area contributed by atoms with Gasteiger partial charge in [0.05, 0.1) is 0 Å². The minimum absolute atomic E-state index is 0.728. The molecule has 0 saturated carbocycles. The molecule has 1 heterocycles. The van der Waals surface area contributed by atoms with Crippen LogP contribution in [0.1, 0.15) is 12.8 Å². The summed E-state index contributed by atoms with van der Waals surface area (Å²) in [5, 5.41) is 4.66. The highest BCUT2D eigenvalue weighted by molar-refractivity contribution is 9.09. The lowest BCUT2D eigenvalue weighted by atomic mass is 10.1. The van der Waals surface area contributed by atoms with Gasteiger partial charge < -0.3 is 10.2 Å². The maximum absolute atomic E-state index is 3.52. The van der Waals surface area contributed by atoms with Crippen molar-refractivity contribution in [3.63, 3.8) is 0 Å². The van der Waals surface area contributed by atoms with Crippen molar-refractivity contribution in [1.82, 2.24) is 10.2 Å². The summed E-state index contributed by atoms with van der Waals surface area (Å²) < 4.78 is 0. The smallest absolute Gasteiger partial charge is 0.0195 e. The molecule has 0 radical (unpaired) electrons. The van der Waals surface area contributed by atoms with E-state index in [1.54, 1.807) is 0 Å². The number of nitrogens with zero attached hydrogens (tertiary/aromatic N) is 1. The number of nitrogens with one attached hydrogen (secondary N) is 1. The molecular formula is C8H17BrN2. The summed E-state index contributed by atoms with van der Waals surface area (Å²) in [6, 6.07) is 0.728. The highest BCUT2D eigenvalue weighted by atomic mass is 79.9. The molecular weight excluding hydrogens is 204 g/mol. The third-order valence-corrected chi connectivity index (χ3v) is 2.71. The molecule has 1 aliphatic heterocycles. The lowest BCUT2D eigenvalue weighted by Gasteiger charge is -2.30. The van der Waals surface area contributed by atoms with E-state index in [-0.39, 0.29) is 0 Å². The highest BCUT2D eigenvalue weighted by Crippen LogP contribution is 2.04. The second-order valence-corrected chi connectivity index (χ2v) is 4.04. The Morgan fingerprint density at radius 2 is 2.45 bits per heavy atom. The normalized spacial score (nSPS) is 27.3. The van der Waals surface area contributed by atoms with E-state index in [4.69, 9.17) is 0 Å². The first-order valence-corrected chi connectivity index (χ1v) is 5.43. The second kappa shape index (κ2) is 5.12. The molecule has 1 rings (SSSR count).